The van der Waals surface area contributed by atoms with E-state index in [2.05, 4.69) is 26.1 Å². The van der Waals surface area contributed by atoms with Crippen LogP contribution in [0.3, 0.4) is 0 Å². The van der Waals surface area contributed by atoms with Gasteiger partial charge in [-0.3, -0.25) is 9.79 Å². The van der Waals surface area contributed by atoms with Crippen molar-refractivity contribution in [3.8, 4) is 0 Å². The number of nitrogens with one attached hydrogen (secondary N) is 1. The van der Waals surface area contributed by atoms with E-state index in [0.717, 1.165) is 43.3 Å². The Morgan fingerprint density at radius 3 is 2.65 bits per heavy atom. The van der Waals surface area contributed by atoms with Crippen LogP contribution in [0.15, 0.2) is 4.99 Å². The molecule has 20 heavy (non-hydrogen) atoms. The highest BCUT2D eigenvalue weighted by atomic mass is 32.2. The second kappa shape index (κ2) is 6.37. The zero-order chi connectivity index (χ0) is 14.8. The number of hydrogen-bond acceptors (Lipinski definition) is 4. The molecule has 2 atom stereocenters. The average molecular weight is 297 g/mol. The van der Waals surface area contributed by atoms with Crippen molar-refractivity contribution in [2.24, 2.45) is 10.4 Å². The van der Waals surface area contributed by atoms with E-state index in [4.69, 9.17) is 4.99 Å². The van der Waals surface area contributed by atoms with Gasteiger partial charge in [0, 0.05) is 18.8 Å². The maximum Gasteiger partial charge on any atom is 0.244 e. The molecule has 1 fully saturated rings. The van der Waals surface area contributed by atoms with Gasteiger partial charge in [-0.15, -0.1) is 0 Å². The van der Waals surface area contributed by atoms with Gasteiger partial charge < -0.3 is 10.2 Å². The first-order chi connectivity index (χ1) is 9.38. The smallest absolute Gasteiger partial charge is 0.244 e. The van der Waals surface area contributed by atoms with E-state index >= 15 is 0 Å². The molecule has 0 aliphatic carbocycles. The fraction of sp³-hybridized carbons (Fsp3) is 0.867. The minimum atomic E-state index is -0.168. The number of carbonyl (C=O) groups excluding carboxylic acids is 1. The second-order valence-electron chi connectivity index (χ2n) is 6.85. The van der Waals surface area contributed by atoms with Gasteiger partial charge in [0.2, 0.25) is 5.91 Å². The highest BCUT2D eigenvalue weighted by Crippen LogP contribution is 2.30. The number of amidine groups is 1. The van der Waals surface area contributed by atoms with E-state index < -0.39 is 0 Å². The number of carbonyl (C=O) groups is 1. The lowest BCUT2D eigenvalue weighted by atomic mass is 9.85. The summed E-state index contributed by atoms with van der Waals surface area (Å²) in [5.41, 5.74) is 0.191. The molecule has 0 radical (unpaired) electrons. The first-order valence-electron chi connectivity index (χ1n) is 7.64. The summed E-state index contributed by atoms with van der Waals surface area (Å²) in [7, 11) is 0. The third-order valence-corrected chi connectivity index (χ3v) is 4.97. The summed E-state index contributed by atoms with van der Waals surface area (Å²) in [6, 6.07) is 0.179. The van der Waals surface area contributed by atoms with Crippen molar-refractivity contribution >= 4 is 22.8 Å². The molecule has 0 saturated carbocycles. The highest BCUT2D eigenvalue weighted by Gasteiger charge is 2.29. The van der Waals surface area contributed by atoms with E-state index in [1.165, 1.54) is 0 Å². The van der Waals surface area contributed by atoms with Crippen LogP contribution in [0.1, 0.15) is 47.0 Å². The molecule has 0 aromatic rings. The minimum Gasteiger partial charge on any atom is -0.353 e. The number of hydrogen-bond donors (Lipinski definition) is 1. The molecule has 1 amide bonds. The first kappa shape index (κ1) is 15.7. The van der Waals surface area contributed by atoms with E-state index in [1.807, 2.05) is 11.8 Å². The van der Waals surface area contributed by atoms with Gasteiger partial charge in [0.05, 0.1) is 6.04 Å². The van der Waals surface area contributed by atoms with Crippen molar-refractivity contribution in [2.75, 3.05) is 18.8 Å². The number of aliphatic imine (C=N–C) groups is 1. The van der Waals surface area contributed by atoms with Crippen LogP contribution < -0.4 is 5.32 Å². The quantitative estimate of drug-likeness (QED) is 0.852. The minimum absolute atomic E-state index is 0.168. The number of nitrogens with zero attached hydrogens (tertiary/aromatic N) is 2. The Balaban J connectivity index is 1.94. The van der Waals surface area contributed by atoms with Gasteiger partial charge in [0.15, 0.2) is 5.17 Å². The molecule has 5 heteroatoms. The number of rotatable bonds is 2. The van der Waals surface area contributed by atoms with E-state index in [0.29, 0.717) is 6.04 Å². The average Bonchev–Trinajstić information content (AvgIpc) is 2.91. The van der Waals surface area contributed by atoms with Crippen LogP contribution in [0.4, 0.5) is 0 Å². The lowest BCUT2D eigenvalue weighted by molar-refractivity contribution is -0.131. The van der Waals surface area contributed by atoms with Crippen molar-refractivity contribution in [2.45, 2.75) is 59.0 Å². The van der Waals surface area contributed by atoms with Crippen molar-refractivity contribution in [3.05, 3.63) is 0 Å². The Morgan fingerprint density at radius 2 is 2.05 bits per heavy atom. The molecule has 114 valence electrons. The fourth-order valence-corrected chi connectivity index (χ4v) is 3.67. The molecule has 2 unspecified atom stereocenters. The summed E-state index contributed by atoms with van der Waals surface area (Å²) in [6.07, 6.45) is 3.40. The molecule has 2 aliphatic rings. The Labute approximate surface area is 126 Å². The normalized spacial score (nSPS) is 25.3. The SMILES string of the molecule is CC(NC1=NC(C(C)(C)C)CCS1)C(=O)N1CCCC1. The molecule has 4 nitrogen and oxygen atoms in total. The molecule has 2 rings (SSSR count). The standard InChI is InChI=1S/C15H27N3OS/c1-11(13(19)18-8-5-6-9-18)16-14-17-12(7-10-20-14)15(2,3)4/h11-12H,5-10H2,1-4H3,(H,16,17). The van der Waals surface area contributed by atoms with Gasteiger partial charge in [0.25, 0.3) is 0 Å². The summed E-state index contributed by atoms with van der Waals surface area (Å²) in [5.74, 6) is 1.29. The third kappa shape index (κ3) is 3.90. The summed E-state index contributed by atoms with van der Waals surface area (Å²) < 4.78 is 0. The molecule has 0 spiro atoms. The van der Waals surface area contributed by atoms with Crippen LogP contribution in [-0.2, 0) is 4.79 Å². The molecule has 0 aromatic heterocycles. The largest absolute Gasteiger partial charge is 0.353 e. The third-order valence-electron chi connectivity index (χ3n) is 4.03. The molecule has 1 N–H and O–H groups in total. The van der Waals surface area contributed by atoms with Gasteiger partial charge >= 0.3 is 0 Å². The lowest BCUT2D eigenvalue weighted by Gasteiger charge is -2.32. The molecule has 0 bridgehead atoms. The molecule has 2 aliphatic heterocycles. The van der Waals surface area contributed by atoms with Crippen molar-refractivity contribution in [1.29, 1.82) is 0 Å². The fourth-order valence-electron chi connectivity index (χ4n) is 2.67. The zero-order valence-corrected chi connectivity index (χ0v) is 13.9. The number of amides is 1. The number of thioether (sulfide) groups is 1. The van der Waals surface area contributed by atoms with Gasteiger partial charge in [-0.1, -0.05) is 32.5 Å². The van der Waals surface area contributed by atoms with Gasteiger partial charge in [-0.05, 0) is 31.6 Å². The van der Waals surface area contributed by atoms with Gasteiger partial charge in [-0.2, -0.15) is 0 Å². The summed E-state index contributed by atoms with van der Waals surface area (Å²) >= 11 is 1.74. The molecule has 2 heterocycles. The van der Waals surface area contributed by atoms with Crippen LogP contribution in [0.5, 0.6) is 0 Å². The Hall–Kier alpha value is -0.710. The summed E-state index contributed by atoms with van der Waals surface area (Å²) in [6.45, 7) is 10.5. The maximum absolute atomic E-state index is 12.3. The predicted octanol–water partition coefficient (Wildman–Crippen LogP) is 2.49. The monoisotopic (exact) mass is 297 g/mol. The topological polar surface area (TPSA) is 44.7 Å². The second-order valence-corrected chi connectivity index (χ2v) is 7.94. The van der Waals surface area contributed by atoms with Crippen molar-refractivity contribution in [3.63, 3.8) is 0 Å². The van der Waals surface area contributed by atoms with Crippen LogP contribution >= 0.6 is 11.8 Å². The highest BCUT2D eigenvalue weighted by molar-refractivity contribution is 8.13. The van der Waals surface area contributed by atoms with E-state index in [9.17, 15) is 4.79 Å². The molecular weight excluding hydrogens is 270 g/mol. The first-order valence-corrected chi connectivity index (χ1v) is 8.62. The molecule has 0 aromatic carbocycles. The predicted molar refractivity (Wildman–Crippen MR) is 86.2 cm³/mol. The Bertz CT molecular complexity index is 383. The number of likely N-dealkylation sites (tertiary alicyclic amines) is 1. The van der Waals surface area contributed by atoms with Crippen LogP contribution in [0.2, 0.25) is 0 Å². The van der Waals surface area contributed by atoms with Crippen LogP contribution in [0, 0.1) is 5.41 Å². The Morgan fingerprint density at radius 1 is 1.40 bits per heavy atom. The van der Waals surface area contributed by atoms with Crippen molar-refractivity contribution in [1.82, 2.24) is 10.2 Å². The van der Waals surface area contributed by atoms with E-state index in [1.54, 1.807) is 11.8 Å². The maximum atomic E-state index is 12.3. The molecule has 1 saturated heterocycles. The van der Waals surface area contributed by atoms with Gasteiger partial charge in [0.1, 0.15) is 6.04 Å². The van der Waals surface area contributed by atoms with Crippen molar-refractivity contribution < 1.29 is 4.79 Å². The lowest BCUT2D eigenvalue weighted by Crippen LogP contribution is -2.46. The summed E-state index contributed by atoms with van der Waals surface area (Å²) in [5, 5.41) is 4.26. The summed E-state index contributed by atoms with van der Waals surface area (Å²) in [4.78, 5) is 19.1. The zero-order valence-electron chi connectivity index (χ0n) is 13.1. The Kier molecular flexibility index (Phi) is 4.99. The van der Waals surface area contributed by atoms with Crippen LogP contribution in [-0.4, -0.2) is 46.9 Å². The van der Waals surface area contributed by atoms with Gasteiger partial charge in [-0.25, -0.2) is 0 Å². The van der Waals surface area contributed by atoms with Crippen LogP contribution in [0.25, 0.3) is 0 Å². The molecular formula is C15H27N3OS. The van der Waals surface area contributed by atoms with E-state index in [-0.39, 0.29) is 17.4 Å².